The van der Waals surface area contributed by atoms with Gasteiger partial charge in [0.15, 0.2) is 0 Å². The van der Waals surface area contributed by atoms with E-state index in [0.717, 1.165) is 36.8 Å². The number of hydrogen-bond acceptors (Lipinski definition) is 5. The highest BCUT2D eigenvalue weighted by molar-refractivity contribution is 5.45. The minimum absolute atomic E-state index is 0.282. The Labute approximate surface area is 140 Å². The molecule has 1 aliphatic heterocycles. The molecule has 1 fully saturated rings. The van der Waals surface area contributed by atoms with Crippen LogP contribution in [0.1, 0.15) is 24.4 Å². The Morgan fingerprint density at radius 1 is 1.04 bits per heavy atom. The van der Waals surface area contributed by atoms with Gasteiger partial charge in [-0.2, -0.15) is 4.68 Å². The molecule has 4 rings (SSSR count). The van der Waals surface area contributed by atoms with Crippen molar-refractivity contribution in [3.63, 3.8) is 0 Å². The zero-order valence-electron chi connectivity index (χ0n) is 13.5. The molecule has 0 amide bonds. The molecule has 1 aliphatic rings. The number of hydrogen-bond donors (Lipinski definition) is 0. The largest absolute Gasteiger partial charge is 0.497 e. The minimum atomic E-state index is 0.282. The summed E-state index contributed by atoms with van der Waals surface area (Å²) in [6.45, 7) is 0.948. The Hall–Kier alpha value is -2.89. The third kappa shape index (κ3) is 2.60. The van der Waals surface area contributed by atoms with Gasteiger partial charge in [0.25, 0.3) is 5.95 Å². The predicted molar refractivity (Wildman–Crippen MR) is 91.5 cm³/mol. The summed E-state index contributed by atoms with van der Waals surface area (Å²) in [5.41, 5.74) is 2.23. The Bertz CT molecular complexity index is 800. The maximum absolute atomic E-state index is 5.26. The maximum atomic E-state index is 5.26. The highest BCUT2D eigenvalue weighted by atomic mass is 16.5. The molecule has 6 nitrogen and oxygen atoms in total. The van der Waals surface area contributed by atoms with Crippen LogP contribution in [0.5, 0.6) is 5.75 Å². The number of nitrogens with zero attached hydrogens (tertiary/aromatic N) is 5. The zero-order chi connectivity index (χ0) is 16.4. The van der Waals surface area contributed by atoms with Crippen LogP contribution in [-0.2, 0) is 0 Å². The molecule has 1 saturated heterocycles. The first-order chi connectivity index (χ1) is 11.9. The van der Waals surface area contributed by atoms with Gasteiger partial charge < -0.3 is 9.64 Å². The Morgan fingerprint density at radius 2 is 1.83 bits per heavy atom. The molecular weight excluding hydrogens is 302 g/mol. The fourth-order valence-electron chi connectivity index (χ4n) is 3.28. The number of para-hydroxylation sites is 1. The van der Waals surface area contributed by atoms with Crippen molar-refractivity contribution < 1.29 is 4.74 Å². The second-order valence-electron chi connectivity index (χ2n) is 5.85. The lowest BCUT2D eigenvalue weighted by molar-refractivity contribution is 0.414. The number of tetrazole rings is 1. The second-order valence-corrected chi connectivity index (χ2v) is 5.85. The summed E-state index contributed by atoms with van der Waals surface area (Å²) < 4.78 is 7.07. The number of aromatic nitrogens is 4. The van der Waals surface area contributed by atoms with Crippen molar-refractivity contribution in [2.45, 2.75) is 18.9 Å². The van der Waals surface area contributed by atoms with E-state index < -0.39 is 0 Å². The van der Waals surface area contributed by atoms with Gasteiger partial charge in [0.2, 0.25) is 0 Å². The second kappa shape index (κ2) is 6.31. The van der Waals surface area contributed by atoms with Gasteiger partial charge in [-0.05, 0) is 53.1 Å². The standard InChI is InChI=1S/C18H19N5O/c1-24-16-11-9-14(10-12-16)17-8-5-13-22(17)18-19-20-21-23(18)15-6-3-2-4-7-15/h2-4,6-7,9-12,17H,5,8,13H2,1H3/t17-/m1/s1. The number of rotatable bonds is 4. The van der Waals surface area contributed by atoms with Gasteiger partial charge in [-0.25, -0.2) is 0 Å². The van der Waals surface area contributed by atoms with E-state index in [4.69, 9.17) is 4.74 Å². The van der Waals surface area contributed by atoms with Gasteiger partial charge >= 0.3 is 0 Å². The molecule has 0 spiro atoms. The third-order valence-electron chi connectivity index (χ3n) is 4.46. The topological polar surface area (TPSA) is 56.1 Å². The smallest absolute Gasteiger partial charge is 0.250 e. The average Bonchev–Trinajstić information content (AvgIpc) is 3.31. The van der Waals surface area contributed by atoms with Crippen LogP contribution in [0.4, 0.5) is 5.95 Å². The van der Waals surface area contributed by atoms with Crippen molar-refractivity contribution in [2.24, 2.45) is 0 Å². The van der Waals surface area contributed by atoms with E-state index in [2.05, 4.69) is 32.6 Å². The van der Waals surface area contributed by atoms with E-state index in [1.54, 1.807) is 7.11 Å². The monoisotopic (exact) mass is 321 g/mol. The van der Waals surface area contributed by atoms with Gasteiger partial charge in [0.05, 0.1) is 18.8 Å². The molecule has 2 aromatic carbocycles. The first-order valence-corrected chi connectivity index (χ1v) is 8.11. The van der Waals surface area contributed by atoms with Crippen LogP contribution in [0.2, 0.25) is 0 Å². The molecule has 2 heterocycles. The van der Waals surface area contributed by atoms with E-state index in [1.165, 1.54) is 5.56 Å². The Balaban J connectivity index is 1.67. The first-order valence-electron chi connectivity index (χ1n) is 8.11. The quantitative estimate of drug-likeness (QED) is 0.739. The lowest BCUT2D eigenvalue weighted by Gasteiger charge is -2.25. The Morgan fingerprint density at radius 3 is 2.58 bits per heavy atom. The fraction of sp³-hybridized carbons (Fsp3) is 0.278. The van der Waals surface area contributed by atoms with Crippen molar-refractivity contribution in [2.75, 3.05) is 18.6 Å². The van der Waals surface area contributed by atoms with Gasteiger partial charge in [0.1, 0.15) is 5.75 Å². The molecule has 1 atom stereocenters. The number of ether oxygens (including phenoxy) is 1. The summed E-state index contributed by atoms with van der Waals surface area (Å²) in [5.74, 6) is 1.66. The van der Waals surface area contributed by atoms with Crippen molar-refractivity contribution in [3.05, 3.63) is 60.2 Å². The fourth-order valence-corrected chi connectivity index (χ4v) is 3.28. The van der Waals surface area contributed by atoms with Crippen molar-refractivity contribution in [3.8, 4) is 11.4 Å². The van der Waals surface area contributed by atoms with E-state index in [1.807, 2.05) is 47.1 Å². The van der Waals surface area contributed by atoms with Crippen LogP contribution in [0.15, 0.2) is 54.6 Å². The van der Waals surface area contributed by atoms with Crippen LogP contribution in [0.25, 0.3) is 5.69 Å². The van der Waals surface area contributed by atoms with Crippen LogP contribution in [0.3, 0.4) is 0 Å². The highest BCUT2D eigenvalue weighted by Crippen LogP contribution is 2.36. The summed E-state index contributed by atoms with van der Waals surface area (Å²) in [5, 5.41) is 12.4. The number of methoxy groups -OCH3 is 1. The van der Waals surface area contributed by atoms with E-state index in [0.29, 0.717) is 0 Å². The molecular formula is C18H19N5O. The molecule has 6 heteroatoms. The van der Waals surface area contributed by atoms with Crippen LogP contribution < -0.4 is 9.64 Å². The molecule has 0 saturated carbocycles. The van der Waals surface area contributed by atoms with Gasteiger partial charge in [-0.1, -0.05) is 35.4 Å². The molecule has 24 heavy (non-hydrogen) atoms. The molecule has 0 bridgehead atoms. The molecule has 0 aliphatic carbocycles. The zero-order valence-corrected chi connectivity index (χ0v) is 13.5. The van der Waals surface area contributed by atoms with Gasteiger partial charge in [-0.3, -0.25) is 0 Å². The normalized spacial score (nSPS) is 17.2. The summed E-state index contributed by atoms with van der Waals surface area (Å²) in [7, 11) is 1.69. The SMILES string of the molecule is COc1ccc([C@H]2CCCN2c2nnnn2-c2ccccc2)cc1. The maximum Gasteiger partial charge on any atom is 0.250 e. The molecule has 0 radical (unpaired) electrons. The molecule has 0 N–H and O–H groups in total. The van der Waals surface area contributed by atoms with E-state index in [-0.39, 0.29) is 6.04 Å². The van der Waals surface area contributed by atoms with E-state index in [9.17, 15) is 0 Å². The van der Waals surface area contributed by atoms with Crippen LogP contribution in [-0.4, -0.2) is 33.9 Å². The van der Waals surface area contributed by atoms with Crippen molar-refractivity contribution >= 4 is 5.95 Å². The third-order valence-corrected chi connectivity index (χ3v) is 4.46. The average molecular weight is 321 g/mol. The summed E-state index contributed by atoms with van der Waals surface area (Å²) in [4.78, 5) is 2.29. The van der Waals surface area contributed by atoms with Crippen LogP contribution >= 0.6 is 0 Å². The lowest BCUT2D eigenvalue weighted by Crippen LogP contribution is -2.26. The number of anilines is 1. The van der Waals surface area contributed by atoms with Crippen molar-refractivity contribution in [1.82, 2.24) is 20.2 Å². The molecule has 122 valence electrons. The number of benzene rings is 2. The predicted octanol–water partition coefficient (Wildman–Crippen LogP) is 3.01. The molecule has 1 aromatic heterocycles. The highest BCUT2D eigenvalue weighted by Gasteiger charge is 2.30. The van der Waals surface area contributed by atoms with Gasteiger partial charge in [0, 0.05) is 6.54 Å². The first kappa shape index (κ1) is 14.7. The van der Waals surface area contributed by atoms with Crippen LogP contribution in [0, 0.1) is 0 Å². The minimum Gasteiger partial charge on any atom is -0.497 e. The summed E-state index contributed by atoms with van der Waals surface area (Å²) in [6.07, 6.45) is 2.21. The summed E-state index contributed by atoms with van der Waals surface area (Å²) >= 11 is 0. The van der Waals surface area contributed by atoms with E-state index >= 15 is 0 Å². The summed E-state index contributed by atoms with van der Waals surface area (Å²) in [6, 6.07) is 18.5. The van der Waals surface area contributed by atoms with Crippen molar-refractivity contribution in [1.29, 1.82) is 0 Å². The van der Waals surface area contributed by atoms with Gasteiger partial charge in [-0.15, -0.1) is 0 Å². The lowest BCUT2D eigenvalue weighted by atomic mass is 10.0. The molecule has 3 aromatic rings. The Kier molecular flexibility index (Phi) is 3.86. The molecule has 0 unspecified atom stereocenters.